The summed E-state index contributed by atoms with van der Waals surface area (Å²) in [6, 6.07) is 8.06. The van der Waals surface area contributed by atoms with Crippen molar-refractivity contribution in [1.82, 2.24) is 10.3 Å². The molecule has 0 atom stereocenters. The topological polar surface area (TPSA) is 60.5 Å². The molecule has 3 rings (SSSR count). The van der Waals surface area contributed by atoms with Crippen molar-refractivity contribution < 1.29 is 14.1 Å². The highest BCUT2D eigenvalue weighted by Gasteiger charge is 2.52. The van der Waals surface area contributed by atoms with Crippen LogP contribution in [0.4, 0.5) is 0 Å². The number of amides is 1. The number of nitrogens with zero attached hydrogens (tertiary/aromatic N) is 1. The molecular weight excluding hydrogens is 327 g/mol. The van der Waals surface area contributed by atoms with Crippen LogP contribution in [0, 0.1) is 0 Å². The molecule has 0 unspecified atom stereocenters. The van der Waals surface area contributed by atoms with Gasteiger partial charge in [-0.15, -0.1) is 0 Å². The molecule has 1 aliphatic heterocycles. The monoisotopic (exact) mass is 352 g/mol. The van der Waals surface area contributed by atoms with Crippen molar-refractivity contribution in [1.29, 1.82) is 0 Å². The van der Waals surface area contributed by atoms with E-state index in [0.29, 0.717) is 6.54 Å². The van der Waals surface area contributed by atoms with Crippen LogP contribution in [0.15, 0.2) is 42.1 Å². The Balaban J connectivity index is 2.01. The minimum atomic E-state index is -0.510. The van der Waals surface area contributed by atoms with Gasteiger partial charge < -0.3 is 14.6 Å². The zero-order valence-electron chi connectivity index (χ0n) is 16.0. The number of hydrogen-bond acceptors (Lipinski definition) is 4. The SMILES string of the molecule is CC(=O)NCC(=Cc1cccc2cnccc12)B1OC(C)(C)C(C)(C)O1. The van der Waals surface area contributed by atoms with Gasteiger partial charge in [-0.3, -0.25) is 9.78 Å². The second kappa shape index (κ2) is 6.85. The maximum absolute atomic E-state index is 11.5. The van der Waals surface area contributed by atoms with Crippen LogP contribution < -0.4 is 5.32 Å². The number of nitrogens with one attached hydrogen (secondary N) is 1. The van der Waals surface area contributed by atoms with E-state index in [1.54, 1.807) is 6.20 Å². The Morgan fingerprint density at radius 3 is 2.54 bits per heavy atom. The highest BCUT2D eigenvalue weighted by atomic mass is 16.7. The van der Waals surface area contributed by atoms with Crippen LogP contribution in [0.25, 0.3) is 16.8 Å². The molecule has 136 valence electrons. The molecule has 0 bridgehead atoms. The number of hydrogen-bond donors (Lipinski definition) is 1. The second-order valence-electron chi connectivity index (χ2n) is 7.66. The molecule has 2 heterocycles. The molecule has 5 nitrogen and oxygen atoms in total. The van der Waals surface area contributed by atoms with Gasteiger partial charge in [-0.2, -0.15) is 0 Å². The van der Waals surface area contributed by atoms with E-state index in [0.717, 1.165) is 21.8 Å². The van der Waals surface area contributed by atoms with Gasteiger partial charge in [-0.05, 0) is 50.2 Å². The van der Waals surface area contributed by atoms with Crippen LogP contribution in [0.1, 0.15) is 40.2 Å². The van der Waals surface area contributed by atoms with Gasteiger partial charge in [0.05, 0.1) is 11.2 Å². The van der Waals surface area contributed by atoms with Gasteiger partial charge in [0, 0.05) is 31.2 Å². The lowest BCUT2D eigenvalue weighted by atomic mass is 9.76. The third kappa shape index (κ3) is 3.66. The van der Waals surface area contributed by atoms with E-state index in [1.165, 1.54) is 6.92 Å². The fourth-order valence-corrected chi connectivity index (χ4v) is 2.90. The molecule has 1 N–H and O–H groups in total. The van der Waals surface area contributed by atoms with Crippen LogP contribution in [0.2, 0.25) is 0 Å². The van der Waals surface area contributed by atoms with Crippen molar-refractivity contribution in [3.63, 3.8) is 0 Å². The van der Waals surface area contributed by atoms with E-state index in [9.17, 15) is 4.79 Å². The average molecular weight is 352 g/mol. The van der Waals surface area contributed by atoms with Crippen molar-refractivity contribution in [3.8, 4) is 0 Å². The van der Waals surface area contributed by atoms with Gasteiger partial charge in [-0.1, -0.05) is 24.3 Å². The van der Waals surface area contributed by atoms with Crippen LogP contribution in [0.3, 0.4) is 0 Å². The molecule has 0 spiro atoms. The predicted octanol–water partition coefficient (Wildman–Crippen LogP) is 3.39. The summed E-state index contributed by atoms with van der Waals surface area (Å²) in [5, 5.41) is 5.03. The molecule has 6 heteroatoms. The third-order valence-electron chi connectivity index (χ3n) is 5.15. The van der Waals surface area contributed by atoms with Gasteiger partial charge >= 0.3 is 7.12 Å². The van der Waals surface area contributed by atoms with Crippen LogP contribution in [-0.4, -0.2) is 35.8 Å². The van der Waals surface area contributed by atoms with Crippen LogP contribution >= 0.6 is 0 Å². The molecule has 26 heavy (non-hydrogen) atoms. The summed E-state index contributed by atoms with van der Waals surface area (Å²) in [7, 11) is -0.510. The van der Waals surface area contributed by atoms with Crippen molar-refractivity contribution in [2.24, 2.45) is 0 Å². The molecule has 1 saturated heterocycles. The van der Waals surface area contributed by atoms with E-state index in [1.807, 2.05) is 64.2 Å². The Kier molecular flexibility index (Phi) is 4.91. The van der Waals surface area contributed by atoms with E-state index in [-0.39, 0.29) is 5.91 Å². The first-order valence-corrected chi connectivity index (χ1v) is 8.83. The lowest BCUT2D eigenvalue weighted by Crippen LogP contribution is -2.41. The Labute approximate surface area is 154 Å². The minimum absolute atomic E-state index is 0.0884. The summed E-state index contributed by atoms with van der Waals surface area (Å²) < 4.78 is 12.4. The van der Waals surface area contributed by atoms with Gasteiger partial charge in [0.2, 0.25) is 5.91 Å². The summed E-state index contributed by atoms with van der Waals surface area (Å²) in [4.78, 5) is 15.6. The number of carbonyl (C=O) groups is 1. The number of rotatable bonds is 4. The molecule has 1 aliphatic rings. The summed E-state index contributed by atoms with van der Waals surface area (Å²) in [5.41, 5.74) is 1.05. The molecule has 1 aromatic heterocycles. The first-order valence-electron chi connectivity index (χ1n) is 8.83. The van der Waals surface area contributed by atoms with E-state index in [4.69, 9.17) is 9.31 Å². The predicted molar refractivity (Wildman–Crippen MR) is 104 cm³/mol. The van der Waals surface area contributed by atoms with Crippen LogP contribution in [0.5, 0.6) is 0 Å². The number of aromatic nitrogens is 1. The zero-order chi connectivity index (χ0) is 18.9. The van der Waals surface area contributed by atoms with Gasteiger partial charge in [-0.25, -0.2) is 0 Å². The third-order valence-corrected chi connectivity index (χ3v) is 5.15. The number of fused-ring (bicyclic) bond motifs is 1. The molecular formula is C20H25BN2O3. The quantitative estimate of drug-likeness (QED) is 0.857. The highest BCUT2D eigenvalue weighted by molar-refractivity contribution is 6.56. The van der Waals surface area contributed by atoms with Gasteiger partial charge in [0.15, 0.2) is 0 Å². The molecule has 1 aromatic carbocycles. The van der Waals surface area contributed by atoms with E-state index < -0.39 is 18.3 Å². The normalized spacial score (nSPS) is 19.0. The lowest BCUT2D eigenvalue weighted by Gasteiger charge is -2.32. The Morgan fingerprint density at radius 1 is 1.19 bits per heavy atom. The zero-order valence-corrected chi connectivity index (χ0v) is 16.0. The van der Waals surface area contributed by atoms with Crippen molar-refractivity contribution in [2.75, 3.05) is 6.54 Å². The maximum Gasteiger partial charge on any atom is 0.492 e. The number of carbonyl (C=O) groups excluding carboxylic acids is 1. The maximum atomic E-state index is 11.5. The molecule has 1 amide bonds. The number of pyridine rings is 1. The second-order valence-corrected chi connectivity index (χ2v) is 7.66. The summed E-state index contributed by atoms with van der Waals surface area (Å²) in [6.07, 6.45) is 5.66. The number of benzene rings is 1. The molecule has 0 aliphatic carbocycles. The summed E-state index contributed by atoms with van der Waals surface area (Å²) in [6.45, 7) is 9.96. The Morgan fingerprint density at radius 2 is 1.88 bits per heavy atom. The highest BCUT2D eigenvalue weighted by Crippen LogP contribution is 2.39. The fraction of sp³-hybridized carbons (Fsp3) is 0.400. The van der Waals surface area contributed by atoms with Crippen LogP contribution in [-0.2, 0) is 14.1 Å². The molecule has 2 aromatic rings. The summed E-state index contributed by atoms with van der Waals surface area (Å²) >= 11 is 0. The minimum Gasteiger partial charge on any atom is -0.400 e. The first-order chi connectivity index (χ1) is 12.2. The van der Waals surface area contributed by atoms with Gasteiger partial charge in [0.1, 0.15) is 0 Å². The van der Waals surface area contributed by atoms with Crippen molar-refractivity contribution in [2.45, 2.75) is 45.8 Å². The lowest BCUT2D eigenvalue weighted by molar-refractivity contribution is -0.118. The standard InChI is InChI=1S/C20H25BN2O3/c1-14(24)23-13-17(21-25-19(2,3)20(4,5)26-21)11-15-7-6-8-16-12-22-10-9-18(15)16/h6-12H,13H2,1-5H3,(H,23,24). The largest absolute Gasteiger partial charge is 0.492 e. The smallest absolute Gasteiger partial charge is 0.400 e. The Hall–Kier alpha value is -2.18. The van der Waals surface area contributed by atoms with Gasteiger partial charge in [0.25, 0.3) is 0 Å². The van der Waals surface area contributed by atoms with Crippen molar-refractivity contribution >= 4 is 29.9 Å². The fourth-order valence-electron chi connectivity index (χ4n) is 2.90. The molecule has 0 radical (unpaired) electrons. The summed E-state index contributed by atoms with van der Waals surface area (Å²) in [5.74, 6) is -0.0884. The van der Waals surface area contributed by atoms with E-state index in [2.05, 4.69) is 10.3 Å². The van der Waals surface area contributed by atoms with Crippen molar-refractivity contribution in [3.05, 3.63) is 47.7 Å². The average Bonchev–Trinajstić information content (AvgIpc) is 2.79. The molecule has 0 saturated carbocycles. The first kappa shape index (κ1) is 18.6. The van der Waals surface area contributed by atoms with E-state index >= 15 is 0 Å². The Bertz CT molecular complexity index is 840. The molecule has 1 fully saturated rings.